The van der Waals surface area contributed by atoms with Gasteiger partial charge >= 0.3 is 0 Å². The minimum Gasteiger partial charge on any atom is -0.432 e. The van der Waals surface area contributed by atoms with Crippen LogP contribution in [0.2, 0.25) is 18.6 Å². The quantitative estimate of drug-likeness (QED) is 0.314. The zero-order chi connectivity index (χ0) is 30.9. The van der Waals surface area contributed by atoms with Crippen molar-refractivity contribution in [1.29, 1.82) is 0 Å². The molecule has 2 saturated heterocycles. The van der Waals surface area contributed by atoms with Gasteiger partial charge in [0.25, 0.3) is 5.91 Å². The Balaban J connectivity index is 1.53. The van der Waals surface area contributed by atoms with Crippen LogP contribution in [-0.2, 0) is 31.3 Å². The van der Waals surface area contributed by atoms with Crippen LogP contribution in [0.4, 0.5) is 11.4 Å². The van der Waals surface area contributed by atoms with Gasteiger partial charge in [-0.3, -0.25) is 14.4 Å². The molecule has 2 aromatic carbocycles. The lowest BCUT2D eigenvalue weighted by molar-refractivity contribution is -0.149. The number of benzene rings is 2. The normalized spacial score (nSPS) is 25.4. The van der Waals surface area contributed by atoms with Crippen LogP contribution in [0.25, 0.3) is 0 Å². The highest BCUT2D eigenvalue weighted by molar-refractivity contribution is 6.71. The van der Waals surface area contributed by atoms with E-state index in [1.165, 1.54) is 0 Å². The van der Waals surface area contributed by atoms with E-state index < -0.39 is 31.5 Å². The molecule has 43 heavy (non-hydrogen) atoms. The second kappa shape index (κ2) is 12.4. The van der Waals surface area contributed by atoms with Crippen LogP contribution >= 0.6 is 0 Å². The van der Waals surface area contributed by atoms with Crippen molar-refractivity contribution in [3.05, 3.63) is 72.3 Å². The number of fused-ring (bicyclic) bond motifs is 2. The van der Waals surface area contributed by atoms with E-state index in [4.69, 9.17) is 4.74 Å². The summed E-state index contributed by atoms with van der Waals surface area (Å²) in [4.78, 5) is 57.6. The Hall–Kier alpha value is -3.31. The Labute approximate surface area is 254 Å². The van der Waals surface area contributed by atoms with E-state index >= 15 is 0 Å². The molecule has 0 bridgehead atoms. The fourth-order valence-corrected chi connectivity index (χ4v) is 9.89. The largest absolute Gasteiger partial charge is 0.432 e. The van der Waals surface area contributed by atoms with E-state index in [1.807, 2.05) is 68.5 Å². The van der Waals surface area contributed by atoms with Crippen LogP contribution in [0.15, 0.2) is 61.2 Å². The Morgan fingerprint density at radius 3 is 2.58 bits per heavy atom. The van der Waals surface area contributed by atoms with Gasteiger partial charge in [0.1, 0.15) is 0 Å². The van der Waals surface area contributed by atoms with Gasteiger partial charge in [-0.2, -0.15) is 0 Å². The Kier molecular flexibility index (Phi) is 8.94. The maximum atomic E-state index is 14.4. The maximum Gasteiger partial charge on any atom is 0.264 e. The van der Waals surface area contributed by atoms with Crippen molar-refractivity contribution in [3.8, 4) is 0 Å². The van der Waals surface area contributed by atoms with Crippen molar-refractivity contribution in [2.75, 3.05) is 36.0 Å². The molecule has 2 aromatic rings. The van der Waals surface area contributed by atoms with E-state index in [-0.39, 0.29) is 43.8 Å². The van der Waals surface area contributed by atoms with Crippen molar-refractivity contribution in [2.45, 2.75) is 69.5 Å². The minimum atomic E-state index is -2.99. The maximum absolute atomic E-state index is 14.4. The summed E-state index contributed by atoms with van der Waals surface area (Å²) in [7, 11) is -2.99. The summed E-state index contributed by atoms with van der Waals surface area (Å²) in [6.07, 6.45) is 3.18. The molecular formula is C33H43N3O6Si. The molecule has 0 aliphatic carbocycles. The van der Waals surface area contributed by atoms with Crippen LogP contribution in [0, 0.1) is 5.92 Å². The van der Waals surface area contributed by atoms with Gasteiger partial charge in [0.15, 0.2) is 13.9 Å². The monoisotopic (exact) mass is 605 g/mol. The smallest absolute Gasteiger partial charge is 0.264 e. The van der Waals surface area contributed by atoms with Gasteiger partial charge in [-0.1, -0.05) is 43.3 Å². The third kappa shape index (κ3) is 5.69. The van der Waals surface area contributed by atoms with E-state index in [1.54, 1.807) is 20.8 Å². The molecule has 2 N–H and O–H groups in total. The highest BCUT2D eigenvalue weighted by Gasteiger charge is 2.66. The molecule has 9 nitrogen and oxygen atoms in total. The molecule has 230 valence electrons. The molecule has 3 heterocycles. The molecule has 3 amide bonds. The predicted molar refractivity (Wildman–Crippen MR) is 168 cm³/mol. The number of hydrogen-bond donors (Lipinski definition) is 2. The predicted octanol–water partition coefficient (Wildman–Crippen LogP) is 3.95. The van der Waals surface area contributed by atoms with Crippen molar-refractivity contribution >= 4 is 37.4 Å². The summed E-state index contributed by atoms with van der Waals surface area (Å²) in [6, 6.07) is 15.2. The van der Waals surface area contributed by atoms with Crippen molar-refractivity contribution in [3.63, 3.8) is 0 Å². The lowest BCUT2D eigenvalue weighted by Gasteiger charge is -2.33. The number of hydrogen-bond acceptors (Lipinski definition) is 6. The fourth-order valence-electron chi connectivity index (χ4n) is 7.34. The second-order valence-corrected chi connectivity index (χ2v) is 16.5. The topological polar surface area (TPSA) is 111 Å². The Morgan fingerprint density at radius 1 is 1.19 bits per heavy atom. The Bertz CT molecular complexity index is 1380. The molecule has 3 aliphatic rings. The van der Waals surface area contributed by atoms with Gasteiger partial charge in [0, 0.05) is 55.3 Å². The average Bonchev–Trinajstić information content (AvgIpc) is 3.40. The van der Waals surface area contributed by atoms with Gasteiger partial charge in [0.05, 0.1) is 24.8 Å². The zero-order valence-corrected chi connectivity index (χ0v) is 26.4. The molecule has 4 atom stereocenters. The standard InChI is InChI=1S/C33H43N3O6Si/c1-5-16-36-27-15-14-25(35-17-10-9-13-29(35)38)20-26(27)33(32(36)40)23(2)31(43(3,4)41)28(42-33)21-30(39)34(18-19-37)22-24-11-7-6-8-12-24/h5-8,11-12,14-15,20,23,28,31,37,41H,1,9-10,13,16-19,21-22H2,2-4H3/t23-,28+,31-,33+/m0/s1. The van der Waals surface area contributed by atoms with E-state index in [0.717, 1.165) is 24.1 Å². The van der Waals surface area contributed by atoms with Crippen LogP contribution < -0.4 is 9.80 Å². The van der Waals surface area contributed by atoms with Gasteiger partial charge in [-0.05, 0) is 49.7 Å². The summed E-state index contributed by atoms with van der Waals surface area (Å²) in [5.41, 5.74) is 1.17. The van der Waals surface area contributed by atoms with Crippen LogP contribution in [0.1, 0.15) is 43.7 Å². The zero-order valence-electron chi connectivity index (χ0n) is 25.4. The molecule has 0 radical (unpaired) electrons. The first-order chi connectivity index (χ1) is 20.5. The van der Waals surface area contributed by atoms with E-state index in [0.29, 0.717) is 30.8 Å². The number of carbonyl (C=O) groups excluding carboxylic acids is 3. The first-order valence-corrected chi connectivity index (χ1v) is 18.3. The summed E-state index contributed by atoms with van der Waals surface area (Å²) in [5, 5.41) is 9.75. The molecule has 1 spiro atoms. The van der Waals surface area contributed by atoms with Gasteiger partial charge in [-0.25, -0.2) is 0 Å². The molecule has 0 saturated carbocycles. The number of anilines is 2. The molecule has 5 rings (SSSR count). The van der Waals surface area contributed by atoms with E-state index in [9.17, 15) is 24.3 Å². The number of rotatable bonds is 10. The highest BCUT2D eigenvalue weighted by atomic mass is 28.4. The molecule has 2 fully saturated rings. The lowest BCUT2D eigenvalue weighted by atomic mass is 9.82. The third-order valence-electron chi connectivity index (χ3n) is 9.23. The van der Waals surface area contributed by atoms with Gasteiger partial charge in [0.2, 0.25) is 11.8 Å². The summed E-state index contributed by atoms with van der Waals surface area (Å²) in [5.74, 6) is -0.838. The number of aliphatic hydroxyl groups is 1. The number of carbonyl (C=O) groups is 3. The highest BCUT2D eigenvalue weighted by Crippen LogP contribution is 2.60. The number of amides is 3. The third-order valence-corrected chi connectivity index (χ3v) is 11.7. The van der Waals surface area contributed by atoms with Crippen molar-refractivity contribution in [1.82, 2.24) is 4.90 Å². The number of piperidine rings is 1. The SMILES string of the molecule is C=CCN1C(=O)[C@]2(O[C@H](CC(=O)N(CCO)Cc3ccccc3)[C@@H]([Si](C)(C)O)[C@@H]2C)c2cc(N3CCCCC3=O)ccc21. The summed E-state index contributed by atoms with van der Waals surface area (Å²) >= 11 is 0. The molecular weight excluding hydrogens is 562 g/mol. The summed E-state index contributed by atoms with van der Waals surface area (Å²) < 4.78 is 6.83. The lowest BCUT2D eigenvalue weighted by Crippen LogP contribution is -2.46. The van der Waals surface area contributed by atoms with Crippen LogP contribution in [0.3, 0.4) is 0 Å². The molecule has 0 unspecified atom stereocenters. The van der Waals surface area contributed by atoms with Gasteiger partial charge in [-0.15, -0.1) is 6.58 Å². The van der Waals surface area contributed by atoms with Crippen molar-refractivity contribution in [2.24, 2.45) is 5.92 Å². The molecule has 3 aliphatic heterocycles. The first kappa shape index (κ1) is 31.1. The summed E-state index contributed by atoms with van der Waals surface area (Å²) in [6.45, 7) is 10.7. The number of aliphatic hydroxyl groups excluding tert-OH is 1. The number of nitrogens with zero attached hydrogens (tertiary/aromatic N) is 3. The van der Waals surface area contributed by atoms with Crippen molar-refractivity contribution < 1.29 is 29.0 Å². The Morgan fingerprint density at radius 2 is 1.93 bits per heavy atom. The fraction of sp³-hybridized carbons (Fsp3) is 0.485. The van der Waals surface area contributed by atoms with E-state index in [2.05, 4.69) is 6.58 Å². The van der Waals surface area contributed by atoms with Gasteiger partial charge < -0.3 is 29.3 Å². The first-order valence-electron chi connectivity index (χ1n) is 15.2. The van der Waals surface area contributed by atoms with Crippen LogP contribution in [0.5, 0.6) is 0 Å². The molecule has 0 aromatic heterocycles. The molecule has 10 heteroatoms. The van der Waals surface area contributed by atoms with Crippen LogP contribution in [-0.4, -0.2) is 73.2 Å². The second-order valence-electron chi connectivity index (χ2n) is 12.5. The average molecular weight is 606 g/mol. The number of ether oxygens (including phenoxy) is 1. The minimum absolute atomic E-state index is 0.0328.